The summed E-state index contributed by atoms with van der Waals surface area (Å²) in [5.41, 5.74) is 4.59. The topological polar surface area (TPSA) is 74.6 Å². The Morgan fingerprint density at radius 2 is 1.62 bits per heavy atom. The molecule has 0 spiro atoms. The lowest BCUT2D eigenvalue weighted by Gasteiger charge is -2.18. The molecule has 0 saturated heterocycles. The minimum Gasteiger partial charge on any atom is -0.437 e. The van der Waals surface area contributed by atoms with Crippen LogP contribution >= 0.6 is 0 Å². The van der Waals surface area contributed by atoms with Crippen LogP contribution in [-0.2, 0) is 19.5 Å². The standard InChI is InChI=1S/C30H29NO5S/c1-4-5-13-24-26(21-11-7-6-8-12-21)27-23-14-9-10-15-25(23)31(28(27)29(24)36-30(32)35-3)37(33,34)22-18-16-20(2)17-19-22/h6-12,14-19,26H,4-5,13H2,1-3H3. The smallest absolute Gasteiger partial charge is 0.437 e. The van der Waals surface area contributed by atoms with E-state index in [4.69, 9.17) is 9.47 Å². The molecule has 190 valence electrons. The maximum absolute atomic E-state index is 14.2. The number of aromatic nitrogens is 1. The van der Waals surface area contributed by atoms with Gasteiger partial charge in [0.1, 0.15) is 5.69 Å². The van der Waals surface area contributed by atoms with Crippen LogP contribution < -0.4 is 0 Å². The number of benzene rings is 3. The summed E-state index contributed by atoms with van der Waals surface area (Å²) < 4.78 is 40.4. The first-order chi connectivity index (χ1) is 17.9. The summed E-state index contributed by atoms with van der Waals surface area (Å²) in [5, 5.41) is 0.805. The molecule has 3 aromatic carbocycles. The lowest BCUT2D eigenvalue weighted by Crippen LogP contribution is -2.17. The van der Waals surface area contributed by atoms with Gasteiger partial charge in [-0.3, -0.25) is 0 Å². The lowest BCUT2D eigenvalue weighted by molar-refractivity contribution is 0.111. The summed E-state index contributed by atoms with van der Waals surface area (Å²) >= 11 is 0. The summed E-state index contributed by atoms with van der Waals surface area (Å²) in [6.07, 6.45) is 1.56. The van der Waals surface area contributed by atoms with E-state index < -0.39 is 16.2 Å². The zero-order valence-electron chi connectivity index (χ0n) is 21.1. The second kappa shape index (κ2) is 9.90. The Balaban J connectivity index is 1.89. The molecule has 1 aliphatic carbocycles. The largest absolute Gasteiger partial charge is 0.513 e. The van der Waals surface area contributed by atoms with Crippen molar-refractivity contribution in [1.82, 2.24) is 3.97 Å². The Kier molecular flexibility index (Phi) is 6.65. The molecule has 0 saturated carbocycles. The fourth-order valence-corrected chi connectivity index (χ4v) is 6.67. The number of ether oxygens (including phenoxy) is 2. The molecule has 0 fully saturated rings. The number of carbonyl (C=O) groups is 1. The monoisotopic (exact) mass is 515 g/mol. The van der Waals surface area contributed by atoms with Crippen molar-refractivity contribution in [3.63, 3.8) is 0 Å². The van der Waals surface area contributed by atoms with E-state index in [-0.39, 0.29) is 16.6 Å². The van der Waals surface area contributed by atoms with Crippen LogP contribution in [0.1, 0.15) is 54.5 Å². The average Bonchev–Trinajstić information content (AvgIpc) is 3.40. The fraction of sp³-hybridized carbons (Fsp3) is 0.233. The Labute approximate surface area is 217 Å². The van der Waals surface area contributed by atoms with E-state index in [1.165, 1.54) is 11.1 Å². The van der Waals surface area contributed by atoms with Gasteiger partial charge in [-0.2, -0.15) is 0 Å². The van der Waals surface area contributed by atoms with Crippen LogP contribution in [0.3, 0.4) is 0 Å². The number of hydrogen-bond acceptors (Lipinski definition) is 5. The molecular formula is C30H29NO5S. The molecule has 1 heterocycles. The van der Waals surface area contributed by atoms with Gasteiger partial charge in [-0.1, -0.05) is 79.6 Å². The lowest BCUT2D eigenvalue weighted by atomic mass is 9.86. The molecule has 0 bridgehead atoms. The van der Waals surface area contributed by atoms with Crippen molar-refractivity contribution in [1.29, 1.82) is 0 Å². The van der Waals surface area contributed by atoms with Crippen molar-refractivity contribution < 1.29 is 22.7 Å². The van der Waals surface area contributed by atoms with Gasteiger partial charge in [-0.25, -0.2) is 17.2 Å². The van der Waals surface area contributed by atoms with Crippen LogP contribution in [0, 0.1) is 6.92 Å². The Morgan fingerprint density at radius 1 is 0.946 bits per heavy atom. The molecule has 1 aliphatic rings. The molecule has 1 unspecified atom stereocenters. The van der Waals surface area contributed by atoms with Crippen LogP contribution in [0.25, 0.3) is 16.7 Å². The minimum absolute atomic E-state index is 0.164. The van der Waals surface area contributed by atoms with Gasteiger partial charge in [0.05, 0.1) is 17.5 Å². The van der Waals surface area contributed by atoms with Crippen molar-refractivity contribution in [2.24, 2.45) is 0 Å². The van der Waals surface area contributed by atoms with Crippen molar-refractivity contribution in [2.45, 2.75) is 43.9 Å². The van der Waals surface area contributed by atoms with Crippen molar-refractivity contribution in [3.8, 4) is 0 Å². The third kappa shape index (κ3) is 4.23. The second-order valence-electron chi connectivity index (χ2n) is 9.22. The van der Waals surface area contributed by atoms with Crippen LogP contribution in [0.4, 0.5) is 4.79 Å². The number of hydrogen-bond donors (Lipinski definition) is 0. The summed E-state index contributed by atoms with van der Waals surface area (Å²) in [4.78, 5) is 12.7. The summed E-state index contributed by atoms with van der Waals surface area (Å²) in [5.74, 6) is -0.00202. The van der Waals surface area contributed by atoms with Gasteiger partial charge in [0.2, 0.25) is 0 Å². The normalized spacial score (nSPS) is 15.2. The highest BCUT2D eigenvalue weighted by atomic mass is 32.2. The number of methoxy groups -OCH3 is 1. The number of aryl methyl sites for hydroxylation is 1. The highest BCUT2D eigenvalue weighted by Gasteiger charge is 2.42. The molecule has 5 rings (SSSR count). The average molecular weight is 516 g/mol. The third-order valence-corrected chi connectivity index (χ3v) is 8.59. The number of unbranched alkanes of at least 4 members (excludes halogenated alkanes) is 1. The highest BCUT2D eigenvalue weighted by molar-refractivity contribution is 7.90. The Bertz CT molecular complexity index is 1600. The quantitative estimate of drug-likeness (QED) is 0.247. The van der Waals surface area contributed by atoms with Gasteiger partial charge in [0, 0.05) is 16.9 Å². The van der Waals surface area contributed by atoms with E-state index in [1.54, 1.807) is 30.3 Å². The Morgan fingerprint density at radius 3 is 2.30 bits per heavy atom. The van der Waals surface area contributed by atoms with Crippen LogP contribution in [0.2, 0.25) is 0 Å². The molecule has 0 aliphatic heterocycles. The highest BCUT2D eigenvalue weighted by Crippen LogP contribution is 2.52. The fourth-order valence-electron chi connectivity index (χ4n) is 5.14. The molecule has 1 atom stereocenters. The van der Waals surface area contributed by atoms with Gasteiger partial charge < -0.3 is 9.47 Å². The third-order valence-electron chi connectivity index (χ3n) is 6.86. The summed E-state index contributed by atoms with van der Waals surface area (Å²) in [6.45, 7) is 4.01. The zero-order valence-corrected chi connectivity index (χ0v) is 21.9. The number of rotatable bonds is 7. The Hall–Kier alpha value is -3.84. The first-order valence-corrected chi connectivity index (χ1v) is 13.8. The van der Waals surface area contributed by atoms with E-state index in [0.717, 1.165) is 40.5 Å². The maximum atomic E-state index is 14.2. The molecule has 0 amide bonds. The predicted molar refractivity (Wildman–Crippen MR) is 144 cm³/mol. The summed E-state index contributed by atoms with van der Waals surface area (Å²) in [6, 6.07) is 24.2. The van der Waals surface area contributed by atoms with E-state index in [0.29, 0.717) is 17.6 Å². The molecule has 6 nitrogen and oxygen atoms in total. The number of fused-ring (bicyclic) bond motifs is 3. The van der Waals surface area contributed by atoms with Crippen molar-refractivity contribution in [3.05, 3.63) is 107 Å². The SMILES string of the molecule is CCCCC1=C(OC(=O)OC)c2c(c3ccccc3n2S(=O)(=O)c2ccc(C)cc2)C1c1ccccc1. The zero-order chi connectivity index (χ0) is 26.2. The van der Waals surface area contributed by atoms with Gasteiger partial charge in [-0.05, 0) is 49.1 Å². The molecule has 4 aromatic rings. The van der Waals surface area contributed by atoms with Gasteiger partial charge in [0.25, 0.3) is 10.0 Å². The van der Waals surface area contributed by atoms with E-state index in [1.807, 2.05) is 55.5 Å². The number of nitrogens with zero attached hydrogens (tertiary/aromatic N) is 1. The minimum atomic E-state index is -4.04. The predicted octanol–water partition coefficient (Wildman–Crippen LogP) is 7.02. The molecular weight excluding hydrogens is 486 g/mol. The molecule has 37 heavy (non-hydrogen) atoms. The van der Waals surface area contributed by atoms with Crippen molar-refractivity contribution >= 4 is 32.8 Å². The molecule has 0 radical (unpaired) electrons. The van der Waals surface area contributed by atoms with E-state index >= 15 is 0 Å². The van der Waals surface area contributed by atoms with Crippen LogP contribution in [0.5, 0.6) is 0 Å². The molecule has 1 aromatic heterocycles. The van der Waals surface area contributed by atoms with Crippen LogP contribution in [-0.4, -0.2) is 25.7 Å². The summed E-state index contributed by atoms with van der Waals surface area (Å²) in [7, 11) is -2.79. The molecule has 7 heteroatoms. The first-order valence-electron chi connectivity index (χ1n) is 12.4. The van der Waals surface area contributed by atoms with E-state index in [9.17, 15) is 13.2 Å². The number of carbonyl (C=O) groups excluding carboxylic acids is 1. The van der Waals surface area contributed by atoms with Crippen molar-refractivity contribution in [2.75, 3.05) is 7.11 Å². The number of para-hydroxylation sites is 1. The molecule has 0 N–H and O–H groups in total. The van der Waals surface area contributed by atoms with Crippen LogP contribution in [0.15, 0.2) is 89.3 Å². The second-order valence-corrected chi connectivity index (χ2v) is 11.0. The maximum Gasteiger partial charge on any atom is 0.513 e. The van der Waals surface area contributed by atoms with Gasteiger partial charge in [-0.15, -0.1) is 0 Å². The van der Waals surface area contributed by atoms with Gasteiger partial charge >= 0.3 is 6.16 Å². The van der Waals surface area contributed by atoms with Gasteiger partial charge in [0.15, 0.2) is 5.76 Å². The number of allylic oxidation sites excluding steroid dienone is 1. The first kappa shape index (κ1) is 24.8. The van der Waals surface area contributed by atoms with E-state index in [2.05, 4.69) is 6.92 Å².